The maximum atomic E-state index is 12.6. The van der Waals surface area contributed by atoms with Crippen molar-refractivity contribution in [2.45, 2.75) is 12.3 Å². The molecular formula is C15H13F3INO. The number of anilines is 1. The largest absolute Gasteiger partial charge is 0.416 e. The summed E-state index contributed by atoms with van der Waals surface area (Å²) in [6.45, 7) is 0.140. The van der Waals surface area contributed by atoms with Crippen LogP contribution in [0.5, 0.6) is 0 Å². The lowest BCUT2D eigenvalue weighted by Gasteiger charge is -2.15. The Balaban J connectivity index is 2.07. The van der Waals surface area contributed by atoms with Crippen LogP contribution in [-0.4, -0.2) is 11.7 Å². The third kappa shape index (κ3) is 4.34. The van der Waals surface area contributed by atoms with E-state index in [0.29, 0.717) is 0 Å². The quantitative estimate of drug-likeness (QED) is 0.734. The topological polar surface area (TPSA) is 32.3 Å². The second-order valence-corrected chi connectivity index (χ2v) is 5.66. The Hall–Kier alpha value is -1.28. The molecule has 0 saturated heterocycles. The van der Waals surface area contributed by atoms with E-state index in [9.17, 15) is 18.3 Å². The van der Waals surface area contributed by atoms with Crippen LogP contribution in [-0.2, 0) is 6.18 Å². The van der Waals surface area contributed by atoms with Crippen molar-refractivity contribution in [1.29, 1.82) is 0 Å². The molecule has 2 aromatic rings. The van der Waals surface area contributed by atoms with Gasteiger partial charge in [0.25, 0.3) is 0 Å². The molecule has 2 rings (SSSR count). The first-order valence-corrected chi connectivity index (χ1v) is 7.29. The molecule has 21 heavy (non-hydrogen) atoms. The molecule has 0 bridgehead atoms. The lowest BCUT2D eigenvalue weighted by molar-refractivity contribution is -0.137. The molecular weight excluding hydrogens is 394 g/mol. The van der Waals surface area contributed by atoms with E-state index in [1.54, 1.807) is 0 Å². The zero-order valence-electron chi connectivity index (χ0n) is 10.9. The Morgan fingerprint density at radius 2 is 1.81 bits per heavy atom. The summed E-state index contributed by atoms with van der Waals surface area (Å²) in [6, 6.07) is 12.2. The molecule has 0 radical (unpaired) electrons. The summed E-state index contributed by atoms with van der Waals surface area (Å²) in [5.74, 6) is 0. The highest BCUT2D eigenvalue weighted by atomic mass is 127. The van der Waals surface area contributed by atoms with E-state index in [1.807, 2.05) is 24.3 Å². The SMILES string of the molecule is OC(CNc1ccccc1I)c1cccc(C(F)(F)F)c1. The second kappa shape index (κ2) is 6.65. The van der Waals surface area contributed by atoms with Gasteiger partial charge in [-0.2, -0.15) is 13.2 Å². The van der Waals surface area contributed by atoms with Crippen LogP contribution >= 0.6 is 22.6 Å². The van der Waals surface area contributed by atoms with Gasteiger partial charge in [0.2, 0.25) is 0 Å². The van der Waals surface area contributed by atoms with E-state index in [0.717, 1.165) is 21.4 Å². The minimum Gasteiger partial charge on any atom is -0.387 e. The Morgan fingerprint density at radius 1 is 1.10 bits per heavy atom. The molecule has 0 saturated carbocycles. The highest BCUT2D eigenvalue weighted by Crippen LogP contribution is 2.30. The average Bonchev–Trinajstić information content (AvgIpc) is 2.45. The summed E-state index contributed by atoms with van der Waals surface area (Å²) < 4.78 is 38.9. The van der Waals surface area contributed by atoms with Crippen molar-refractivity contribution in [3.05, 3.63) is 63.2 Å². The van der Waals surface area contributed by atoms with Gasteiger partial charge in [0.05, 0.1) is 11.7 Å². The number of para-hydroxylation sites is 1. The molecule has 0 spiro atoms. The molecule has 0 aromatic heterocycles. The van der Waals surface area contributed by atoms with E-state index < -0.39 is 17.8 Å². The number of aliphatic hydroxyl groups excluding tert-OH is 1. The summed E-state index contributed by atoms with van der Waals surface area (Å²) in [4.78, 5) is 0. The predicted molar refractivity (Wildman–Crippen MR) is 84.1 cm³/mol. The first-order chi connectivity index (χ1) is 9.88. The van der Waals surface area contributed by atoms with Crippen LogP contribution in [0, 0.1) is 3.57 Å². The van der Waals surface area contributed by atoms with Crippen molar-refractivity contribution in [3.63, 3.8) is 0 Å². The van der Waals surface area contributed by atoms with E-state index in [1.165, 1.54) is 12.1 Å². The standard InChI is InChI=1S/C15H13F3INO/c16-15(17,18)11-5-3-4-10(8-11)14(21)9-20-13-7-2-1-6-12(13)19/h1-8,14,20-21H,9H2. The Bertz CT molecular complexity index is 616. The number of aliphatic hydroxyl groups is 1. The molecule has 112 valence electrons. The summed E-state index contributed by atoms with van der Waals surface area (Å²) in [5, 5.41) is 13.1. The van der Waals surface area contributed by atoms with Crippen molar-refractivity contribution < 1.29 is 18.3 Å². The zero-order valence-corrected chi connectivity index (χ0v) is 13.0. The van der Waals surface area contributed by atoms with Crippen molar-refractivity contribution in [3.8, 4) is 0 Å². The number of hydrogen-bond donors (Lipinski definition) is 2. The van der Waals surface area contributed by atoms with Gasteiger partial charge in [0, 0.05) is 15.8 Å². The van der Waals surface area contributed by atoms with Gasteiger partial charge in [-0.05, 0) is 52.4 Å². The normalized spacial score (nSPS) is 13.0. The molecule has 0 aliphatic rings. The molecule has 0 heterocycles. The number of nitrogens with one attached hydrogen (secondary N) is 1. The predicted octanol–water partition coefficient (Wildman–Crippen LogP) is 4.46. The van der Waals surface area contributed by atoms with Gasteiger partial charge in [-0.1, -0.05) is 24.3 Å². The number of benzene rings is 2. The van der Waals surface area contributed by atoms with Gasteiger partial charge in [-0.3, -0.25) is 0 Å². The minimum absolute atomic E-state index is 0.140. The number of halogens is 4. The first-order valence-electron chi connectivity index (χ1n) is 6.21. The van der Waals surface area contributed by atoms with E-state index >= 15 is 0 Å². The van der Waals surface area contributed by atoms with E-state index in [2.05, 4.69) is 27.9 Å². The first kappa shape index (κ1) is 16.1. The van der Waals surface area contributed by atoms with Crippen molar-refractivity contribution in [1.82, 2.24) is 0 Å². The summed E-state index contributed by atoms with van der Waals surface area (Å²) >= 11 is 2.14. The van der Waals surface area contributed by atoms with Crippen LogP contribution in [0.25, 0.3) is 0 Å². The Morgan fingerprint density at radius 3 is 2.48 bits per heavy atom. The van der Waals surface area contributed by atoms with Crippen molar-refractivity contribution in [2.24, 2.45) is 0 Å². The van der Waals surface area contributed by atoms with Crippen LogP contribution in [0.15, 0.2) is 48.5 Å². The van der Waals surface area contributed by atoms with Gasteiger partial charge < -0.3 is 10.4 Å². The van der Waals surface area contributed by atoms with Crippen molar-refractivity contribution in [2.75, 3.05) is 11.9 Å². The smallest absolute Gasteiger partial charge is 0.387 e. The van der Waals surface area contributed by atoms with Gasteiger partial charge >= 0.3 is 6.18 Å². The molecule has 0 fully saturated rings. The Labute approximate surface area is 134 Å². The molecule has 1 atom stereocenters. The number of hydrogen-bond acceptors (Lipinski definition) is 2. The monoisotopic (exact) mass is 407 g/mol. The van der Waals surface area contributed by atoms with Crippen LogP contribution in [0.3, 0.4) is 0 Å². The highest BCUT2D eigenvalue weighted by molar-refractivity contribution is 14.1. The van der Waals surface area contributed by atoms with Gasteiger partial charge in [0.15, 0.2) is 0 Å². The zero-order chi connectivity index (χ0) is 15.5. The van der Waals surface area contributed by atoms with Crippen LogP contribution in [0.2, 0.25) is 0 Å². The maximum Gasteiger partial charge on any atom is 0.416 e. The third-order valence-corrected chi connectivity index (χ3v) is 3.90. The Kier molecular flexibility index (Phi) is 5.10. The molecule has 2 nitrogen and oxygen atoms in total. The molecule has 2 N–H and O–H groups in total. The fraction of sp³-hybridized carbons (Fsp3) is 0.200. The van der Waals surface area contributed by atoms with Gasteiger partial charge in [-0.25, -0.2) is 0 Å². The third-order valence-electron chi connectivity index (χ3n) is 2.96. The summed E-state index contributed by atoms with van der Waals surface area (Å²) in [5.41, 5.74) is 0.320. The highest BCUT2D eigenvalue weighted by Gasteiger charge is 2.30. The van der Waals surface area contributed by atoms with Gasteiger partial charge in [-0.15, -0.1) is 0 Å². The average molecular weight is 407 g/mol. The molecule has 0 amide bonds. The lowest BCUT2D eigenvalue weighted by Crippen LogP contribution is -2.14. The molecule has 1 unspecified atom stereocenters. The van der Waals surface area contributed by atoms with Crippen molar-refractivity contribution >= 4 is 28.3 Å². The molecule has 6 heteroatoms. The van der Waals surface area contributed by atoms with Crippen LogP contribution in [0.1, 0.15) is 17.2 Å². The summed E-state index contributed by atoms with van der Waals surface area (Å²) in [6.07, 6.45) is -5.42. The van der Waals surface area contributed by atoms with Crippen LogP contribution in [0.4, 0.5) is 18.9 Å². The fourth-order valence-corrected chi connectivity index (χ4v) is 2.43. The summed E-state index contributed by atoms with van der Waals surface area (Å²) in [7, 11) is 0. The molecule has 0 aliphatic heterocycles. The maximum absolute atomic E-state index is 12.6. The lowest BCUT2D eigenvalue weighted by atomic mass is 10.1. The molecule has 0 aliphatic carbocycles. The number of rotatable bonds is 4. The van der Waals surface area contributed by atoms with Gasteiger partial charge in [0.1, 0.15) is 0 Å². The second-order valence-electron chi connectivity index (χ2n) is 4.50. The minimum atomic E-state index is -4.40. The fourth-order valence-electron chi connectivity index (χ4n) is 1.85. The van der Waals surface area contributed by atoms with Crippen LogP contribution < -0.4 is 5.32 Å². The molecule has 2 aromatic carbocycles. The number of alkyl halides is 3. The van der Waals surface area contributed by atoms with E-state index in [-0.39, 0.29) is 12.1 Å². The van der Waals surface area contributed by atoms with E-state index in [4.69, 9.17) is 0 Å².